The number of carbonyl (C=O) groups excluding carboxylic acids is 1. The van der Waals surface area contributed by atoms with Crippen molar-refractivity contribution in [2.24, 2.45) is 0 Å². The number of nitrogens with one attached hydrogen (secondary N) is 2. The fourth-order valence-electron chi connectivity index (χ4n) is 1.44. The van der Waals surface area contributed by atoms with Gasteiger partial charge >= 0.3 is 6.03 Å². The molecule has 4 nitrogen and oxygen atoms in total. The third-order valence-electron chi connectivity index (χ3n) is 2.50. The molecule has 0 fully saturated rings. The van der Waals surface area contributed by atoms with Crippen LogP contribution in [0.1, 0.15) is 26.2 Å². The van der Waals surface area contributed by atoms with Crippen molar-refractivity contribution in [1.82, 2.24) is 10.6 Å². The second kappa shape index (κ2) is 9.19. The van der Waals surface area contributed by atoms with Crippen LogP contribution in [0.4, 0.5) is 9.18 Å². The normalized spacial score (nSPS) is 10.0. The summed E-state index contributed by atoms with van der Waals surface area (Å²) in [5, 5.41) is 5.51. The summed E-state index contributed by atoms with van der Waals surface area (Å²) in [6.45, 7) is 3.82. The molecule has 0 bridgehead atoms. The third kappa shape index (κ3) is 7.28. The van der Waals surface area contributed by atoms with Gasteiger partial charge in [0.15, 0.2) is 0 Å². The van der Waals surface area contributed by atoms with Crippen molar-refractivity contribution in [2.75, 3.05) is 19.7 Å². The summed E-state index contributed by atoms with van der Waals surface area (Å²) in [4.78, 5) is 11.3. The highest BCUT2D eigenvalue weighted by molar-refractivity contribution is 5.73. The summed E-state index contributed by atoms with van der Waals surface area (Å²) in [6.07, 6.45) is 2.76. The molecule has 0 aliphatic heterocycles. The number of hydrogen-bond acceptors (Lipinski definition) is 2. The molecule has 19 heavy (non-hydrogen) atoms. The van der Waals surface area contributed by atoms with Crippen LogP contribution in [0.15, 0.2) is 24.3 Å². The second-order valence-corrected chi connectivity index (χ2v) is 4.19. The lowest BCUT2D eigenvalue weighted by Gasteiger charge is -2.08. The van der Waals surface area contributed by atoms with Gasteiger partial charge in [0.2, 0.25) is 0 Å². The van der Waals surface area contributed by atoms with Crippen molar-refractivity contribution in [2.45, 2.75) is 26.2 Å². The number of benzene rings is 1. The van der Waals surface area contributed by atoms with Crippen molar-refractivity contribution < 1.29 is 13.9 Å². The van der Waals surface area contributed by atoms with Crippen LogP contribution in [0.25, 0.3) is 0 Å². The lowest BCUT2D eigenvalue weighted by molar-refractivity contribution is 0.239. The second-order valence-electron chi connectivity index (χ2n) is 4.19. The molecule has 0 saturated heterocycles. The summed E-state index contributed by atoms with van der Waals surface area (Å²) in [5.74, 6) is 0.353. The molecule has 0 spiro atoms. The molecule has 0 aliphatic carbocycles. The van der Waals surface area contributed by atoms with Gasteiger partial charge in [-0.3, -0.25) is 0 Å². The lowest BCUT2D eigenvalue weighted by atomic mass is 10.3. The number of rotatable bonds is 8. The van der Waals surface area contributed by atoms with Gasteiger partial charge in [-0.05, 0) is 37.1 Å². The number of halogens is 1. The summed E-state index contributed by atoms with van der Waals surface area (Å²) in [5.41, 5.74) is 0. The first-order chi connectivity index (χ1) is 9.22. The minimum absolute atomic E-state index is 0.143. The summed E-state index contributed by atoms with van der Waals surface area (Å²) in [7, 11) is 0. The van der Waals surface area contributed by atoms with Crippen molar-refractivity contribution >= 4 is 6.03 Å². The minimum atomic E-state index is -0.280. The van der Waals surface area contributed by atoms with Crippen LogP contribution in [0.3, 0.4) is 0 Å². The Bertz CT molecular complexity index is 368. The third-order valence-corrected chi connectivity index (χ3v) is 2.50. The van der Waals surface area contributed by atoms with E-state index >= 15 is 0 Å². The molecule has 0 radical (unpaired) electrons. The summed E-state index contributed by atoms with van der Waals surface area (Å²) >= 11 is 0. The molecule has 1 aromatic rings. The molecule has 0 heterocycles. The number of amides is 2. The highest BCUT2D eigenvalue weighted by Crippen LogP contribution is 2.10. The van der Waals surface area contributed by atoms with Gasteiger partial charge in [-0.15, -0.1) is 0 Å². The summed E-state index contributed by atoms with van der Waals surface area (Å²) < 4.78 is 18.0. The maximum Gasteiger partial charge on any atom is 0.314 e. The first-order valence-electron chi connectivity index (χ1n) is 6.62. The Kier molecular flexibility index (Phi) is 7.39. The van der Waals surface area contributed by atoms with E-state index in [0.29, 0.717) is 31.9 Å². The average Bonchev–Trinajstić information content (AvgIpc) is 2.41. The number of urea groups is 1. The van der Waals surface area contributed by atoms with Gasteiger partial charge in [-0.2, -0.15) is 0 Å². The molecule has 1 aromatic carbocycles. The van der Waals surface area contributed by atoms with Crippen LogP contribution in [0, 0.1) is 5.82 Å². The Morgan fingerprint density at radius 3 is 2.42 bits per heavy atom. The Morgan fingerprint density at radius 1 is 1.16 bits per heavy atom. The van der Waals surface area contributed by atoms with Crippen LogP contribution in [-0.4, -0.2) is 25.7 Å². The standard InChI is InChI=1S/C14H21FN2O2/c1-2-3-9-16-14(18)17-10-4-11-19-13-7-5-12(15)6-8-13/h5-8H,2-4,9-11H2,1H3,(H2,16,17,18). The van der Waals surface area contributed by atoms with Gasteiger partial charge in [-0.25, -0.2) is 9.18 Å². The smallest absolute Gasteiger partial charge is 0.314 e. The van der Waals surface area contributed by atoms with E-state index in [1.807, 2.05) is 0 Å². The van der Waals surface area contributed by atoms with Crippen LogP contribution in [-0.2, 0) is 0 Å². The number of unbranched alkanes of at least 4 members (excludes halogenated alkanes) is 1. The fraction of sp³-hybridized carbons (Fsp3) is 0.500. The predicted octanol–water partition coefficient (Wildman–Crippen LogP) is 2.69. The molecule has 5 heteroatoms. The highest BCUT2D eigenvalue weighted by atomic mass is 19.1. The minimum Gasteiger partial charge on any atom is -0.494 e. The Labute approximate surface area is 113 Å². The van der Waals surface area contributed by atoms with Crippen LogP contribution < -0.4 is 15.4 Å². The zero-order valence-corrected chi connectivity index (χ0v) is 11.2. The molecule has 0 unspecified atom stereocenters. The molecule has 2 N–H and O–H groups in total. The van der Waals surface area contributed by atoms with Crippen LogP contribution >= 0.6 is 0 Å². The fourth-order valence-corrected chi connectivity index (χ4v) is 1.44. The molecule has 0 aromatic heterocycles. The first-order valence-corrected chi connectivity index (χ1v) is 6.62. The Hall–Kier alpha value is -1.78. The predicted molar refractivity (Wildman–Crippen MR) is 72.8 cm³/mol. The number of hydrogen-bond donors (Lipinski definition) is 2. The van der Waals surface area contributed by atoms with Gasteiger partial charge in [0.25, 0.3) is 0 Å². The monoisotopic (exact) mass is 268 g/mol. The van der Waals surface area contributed by atoms with E-state index in [2.05, 4.69) is 17.6 Å². The van der Waals surface area contributed by atoms with E-state index in [1.165, 1.54) is 12.1 Å². The molecule has 0 saturated carbocycles. The first kappa shape index (κ1) is 15.3. The molecular weight excluding hydrogens is 247 g/mol. The van der Waals surface area contributed by atoms with E-state index in [1.54, 1.807) is 12.1 Å². The molecule has 1 rings (SSSR count). The zero-order chi connectivity index (χ0) is 13.9. The van der Waals surface area contributed by atoms with Crippen LogP contribution in [0.5, 0.6) is 5.75 Å². The Morgan fingerprint density at radius 2 is 1.79 bits per heavy atom. The molecular formula is C14H21FN2O2. The van der Waals surface area contributed by atoms with Crippen molar-refractivity contribution in [3.05, 3.63) is 30.1 Å². The maximum atomic E-state index is 12.6. The molecule has 2 amide bonds. The quantitative estimate of drug-likeness (QED) is 0.712. The molecule has 0 aliphatic rings. The van der Waals surface area contributed by atoms with Gasteiger partial charge in [-0.1, -0.05) is 13.3 Å². The van der Waals surface area contributed by atoms with E-state index in [4.69, 9.17) is 4.74 Å². The van der Waals surface area contributed by atoms with Crippen LogP contribution in [0.2, 0.25) is 0 Å². The SMILES string of the molecule is CCCCNC(=O)NCCCOc1ccc(F)cc1. The van der Waals surface area contributed by atoms with Gasteiger partial charge in [0.1, 0.15) is 11.6 Å². The van der Waals surface area contributed by atoms with E-state index in [-0.39, 0.29) is 11.8 Å². The number of carbonyl (C=O) groups is 1. The zero-order valence-electron chi connectivity index (χ0n) is 11.2. The largest absolute Gasteiger partial charge is 0.494 e. The van der Waals surface area contributed by atoms with E-state index in [9.17, 15) is 9.18 Å². The van der Waals surface area contributed by atoms with Gasteiger partial charge in [0.05, 0.1) is 6.61 Å². The molecule has 106 valence electrons. The van der Waals surface area contributed by atoms with Crippen molar-refractivity contribution in [1.29, 1.82) is 0 Å². The highest BCUT2D eigenvalue weighted by Gasteiger charge is 1.98. The van der Waals surface area contributed by atoms with E-state index in [0.717, 1.165) is 12.8 Å². The van der Waals surface area contributed by atoms with Gasteiger partial charge in [0, 0.05) is 13.1 Å². The maximum absolute atomic E-state index is 12.6. The molecule has 0 atom stereocenters. The Balaban J connectivity index is 2.01. The average molecular weight is 268 g/mol. The van der Waals surface area contributed by atoms with Crippen molar-refractivity contribution in [3.63, 3.8) is 0 Å². The van der Waals surface area contributed by atoms with Gasteiger partial charge < -0.3 is 15.4 Å². The van der Waals surface area contributed by atoms with Crippen molar-refractivity contribution in [3.8, 4) is 5.75 Å². The summed E-state index contributed by atoms with van der Waals surface area (Å²) in [6, 6.07) is 5.74. The number of ether oxygens (including phenoxy) is 1. The lowest BCUT2D eigenvalue weighted by Crippen LogP contribution is -2.36. The van der Waals surface area contributed by atoms with E-state index < -0.39 is 0 Å². The topological polar surface area (TPSA) is 50.4 Å².